The van der Waals surface area contributed by atoms with Gasteiger partial charge in [-0.05, 0) is 42.2 Å². The third-order valence-corrected chi connectivity index (χ3v) is 6.06. The van der Waals surface area contributed by atoms with E-state index in [9.17, 15) is 9.59 Å². The highest BCUT2D eigenvalue weighted by Crippen LogP contribution is 2.18. The van der Waals surface area contributed by atoms with Crippen molar-refractivity contribution in [3.05, 3.63) is 106 Å². The standard InChI is InChI=1S/C27H29BrN2O2/c1-20-8-10-21(11-9-20)14-17-26(31)30(19-23-12-15-24(28)16-13-23)25(27(32)29-2)18-22-6-4-3-5-7-22/h3-13,15-16,25H,14,17-19H2,1-2H3,(H,29,32)/t25-/m1/s1. The fourth-order valence-electron chi connectivity index (χ4n) is 3.66. The summed E-state index contributed by atoms with van der Waals surface area (Å²) in [6, 6.07) is 25.3. The minimum Gasteiger partial charge on any atom is -0.357 e. The van der Waals surface area contributed by atoms with Gasteiger partial charge in [-0.25, -0.2) is 0 Å². The zero-order chi connectivity index (χ0) is 22.9. The van der Waals surface area contributed by atoms with Gasteiger partial charge in [-0.15, -0.1) is 0 Å². The summed E-state index contributed by atoms with van der Waals surface area (Å²) in [5.74, 6) is -0.187. The molecule has 2 amide bonds. The molecule has 0 aliphatic rings. The minimum atomic E-state index is -0.587. The zero-order valence-corrected chi connectivity index (χ0v) is 20.1. The molecule has 0 aliphatic carbocycles. The van der Waals surface area contributed by atoms with Crippen LogP contribution < -0.4 is 5.32 Å². The summed E-state index contributed by atoms with van der Waals surface area (Å²) >= 11 is 3.46. The first-order chi connectivity index (χ1) is 15.5. The topological polar surface area (TPSA) is 49.4 Å². The normalized spacial score (nSPS) is 11.6. The van der Waals surface area contributed by atoms with Crippen LogP contribution in [0.3, 0.4) is 0 Å². The van der Waals surface area contributed by atoms with Gasteiger partial charge in [-0.2, -0.15) is 0 Å². The predicted molar refractivity (Wildman–Crippen MR) is 132 cm³/mol. The zero-order valence-electron chi connectivity index (χ0n) is 18.6. The molecule has 166 valence electrons. The molecule has 4 nitrogen and oxygen atoms in total. The monoisotopic (exact) mass is 492 g/mol. The van der Waals surface area contributed by atoms with E-state index < -0.39 is 6.04 Å². The third kappa shape index (κ3) is 6.79. The van der Waals surface area contributed by atoms with Crippen molar-refractivity contribution in [3.63, 3.8) is 0 Å². The maximum absolute atomic E-state index is 13.4. The van der Waals surface area contributed by atoms with Crippen molar-refractivity contribution in [1.29, 1.82) is 0 Å². The Bertz CT molecular complexity index is 1020. The number of rotatable bonds is 9. The summed E-state index contributed by atoms with van der Waals surface area (Å²) in [5.41, 5.74) is 4.32. The largest absolute Gasteiger partial charge is 0.357 e. The van der Waals surface area contributed by atoms with Crippen molar-refractivity contribution in [2.24, 2.45) is 0 Å². The Morgan fingerprint density at radius 1 is 0.875 bits per heavy atom. The Morgan fingerprint density at radius 3 is 2.12 bits per heavy atom. The van der Waals surface area contributed by atoms with Crippen LogP contribution in [0.5, 0.6) is 0 Å². The predicted octanol–water partition coefficient (Wildman–Crippen LogP) is 5.08. The number of aryl methyl sites for hydroxylation is 2. The maximum Gasteiger partial charge on any atom is 0.242 e. The van der Waals surface area contributed by atoms with E-state index in [1.165, 1.54) is 5.56 Å². The van der Waals surface area contributed by atoms with E-state index >= 15 is 0 Å². The second kappa shape index (κ2) is 11.6. The second-order valence-electron chi connectivity index (χ2n) is 7.95. The quantitative estimate of drug-likeness (QED) is 0.452. The molecule has 0 fully saturated rings. The van der Waals surface area contributed by atoms with Crippen LogP contribution in [0, 0.1) is 6.92 Å². The second-order valence-corrected chi connectivity index (χ2v) is 8.87. The molecule has 3 aromatic carbocycles. The Hall–Kier alpha value is -2.92. The minimum absolute atomic E-state index is 0.0296. The number of hydrogen-bond donors (Lipinski definition) is 1. The number of amides is 2. The number of halogens is 1. The summed E-state index contributed by atoms with van der Waals surface area (Å²) in [7, 11) is 1.62. The molecule has 5 heteroatoms. The molecule has 3 aromatic rings. The molecular formula is C27H29BrN2O2. The number of likely N-dealkylation sites (N-methyl/N-ethyl adjacent to an activating group) is 1. The van der Waals surface area contributed by atoms with E-state index in [-0.39, 0.29) is 11.8 Å². The number of benzene rings is 3. The lowest BCUT2D eigenvalue weighted by molar-refractivity contribution is -0.141. The van der Waals surface area contributed by atoms with Crippen molar-refractivity contribution in [2.75, 3.05) is 7.05 Å². The lowest BCUT2D eigenvalue weighted by Crippen LogP contribution is -2.49. The van der Waals surface area contributed by atoms with Gasteiger partial charge in [-0.1, -0.05) is 88.2 Å². The van der Waals surface area contributed by atoms with Crippen LogP contribution in [-0.2, 0) is 29.0 Å². The van der Waals surface area contributed by atoms with Gasteiger partial charge in [0.25, 0.3) is 0 Å². The van der Waals surface area contributed by atoms with E-state index in [0.717, 1.165) is 21.2 Å². The van der Waals surface area contributed by atoms with Gasteiger partial charge in [0.2, 0.25) is 11.8 Å². The Balaban J connectivity index is 1.85. The van der Waals surface area contributed by atoms with Gasteiger partial charge in [0.05, 0.1) is 0 Å². The number of hydrogen-bond acceptors (Lipinski definition) is 2. The lowest BCUT2D eigenvalue weighted by atomic mass is 10.0. The van der Waals surface area contributed by atoms with Gasteiger partial charge >= 0.3 is 0 Å². The van der Waals surface area contributed by atoms with Crippen molar-refractivity contribution in [1.82, 2.24) is 10.2 Å². The molecule has 3 rings (SSSR count). The van der Waals surface area contributed by atoms with E-state index in [1.807, 2.05) is 61.5 Å². The van der Waals surface area contributed by atoms with Crippen molar-refractivity contribution in [3.8, 4) is 0 Å². The Morgan fingerprint density at radius 2 is 1.50 bits per heavy atom. The summed E-state index contributed by atoms with van der Waals surface area (Å²) in [4.78, 5) is 28.1. The molecule has 1 atom stereocenters. The van der Waals surface area contributed by atoms with Crippen LogP contribution in [0.2, 0.25) is 0 Å². The van der Waals surface area contributed by atoms with Crippen LogP contribution >= 0.6 is 15.9 Å². The Kier molecular flexibility index (Phi) is 8.63. The smallest absolute Gasteiger partial charge is 0.242 e. The molecule has 1 N–H and O–H groups in total. The number of nitrogens with zero attached hydrogens (tertiary/aromatic N) is 1. The van der Waals surface area contributed by atoms with Gasteiger partial charge in [0, 0.05) is 30.9 Å². The molecule has 0 saturated heterocycles. The third-order valence-electron chi connectivity index (χ3n) is 5.53. The van der Waals surface area contributed by atoms with E-state index in [1.54, 1.807) is 11.9 Å². The van der Waals surface area contributed by atoms with Crippen molar-refractivity contribution < 1.29 is 9.59 Å². The van der Waals surface area contributed by atoms with E-state index in [2.05, 4.69) is 45.5 Å². The Labute approximate surface area is 198 Å². The van der Waals surface area contributed by atoms with Crippen molar-refractivity contribution >= 4 is 27.7 Å². The molecule has 0 aliphatic heterocycles. The molecule has 0 heterocycles. The molecule has 0 unspecified atom stereocenters. The first kappa shape index (κ1) is 23.7. The first-order valence-corrected chi connectivity index (χ1v) is 11.6. The molecule has 0 radical (unpaired) electrons. The van der Waals surface area contributed by atoms with E-state index in [0.29, 0.717) is 25.8 Å². The molecular weight excluding hydrogens is 464 g/mol. The average molecular weight is 493 g/mol. The number of nitrogens with one attached hydrogen (secondary N) is 1. The van der Waals surface area contributed by atoms with Gasteiger partial charge in [0.15, 0.2) is 0 Å². The van der Waals surface area contributed by atoms with Crippen LogP contribution in [0.25, 0.3) is 0 Å². The molecule has 0 spiro atoms. The average Bonchev–Trinajstić information content (AvgIpc) is 2.82. The van der Waals surface area contributed by atoms with Crippen molar-refractivity contribution in [2.45, 2.75) is 38.8 Å². The van der Waals surface area contributed by atoms with Gasteiger partial charge in [-0.3, -0.25) is 9.59 Å². The molecule has 0 saturated carbocycles. The van der Waals surface area contributed by atoms with Crippen LogP contribution in [0.15, 0.2) is 83.3 Å². The fourth-order valence-corrected chi connectivity index (χ4v) is 3.92. The first-order valence-electron chi connectivity index (χ1n) is 10.8. The molecule has 0 aromatic heterocycles. The van der Waals surface area contributed by atoms with Crippen LogP contribution in [0.1, 0.15) is 28.7 Å². The SMILES string of the molecule is CNC(=O)[C@@H](Cc1ccccc1)N(Cc1ccc(Br)cc1)C(=O)CCc1ccc(C)cc1. The highest BCUT2D eigenvalue weighted by molar-refractivity contribution is 9.10. The molecule has 0 bridgehead atoms. The highest BCUT2D eigenvalue weighted by Gasteiger charge is 2.29. The van der Waals surface area contributed by atoms with Crippen LogP contribution in [0.4, 0.5) is 0 Å². The highest BCUT2D eigenvalue weighted by atomic mass is 79.9. The summed E-state index contributed by atoms with van der Waals surface area (Å²) in [6.07, 6.45) is 1.46. The maximum atomic E-state index is 13.4. The summed E-state index contributed by atoms with van der Waals surface area (Å²) in [5, 5.41) is 2.76. The summed E-state index contributed by atoms with van der Waals surface area (Å²) in [6.45, 7) is 2.43. The van der Waals surface area contributed by atoms with Gasteiger partial charge in [0.1, 0.15) is 6.04 Å². The van der Waals surface area contributed by atoms with Gasteiger partial charge < -0.3 is 10.2 Å². The lowest BCUT2D eigenvalue weighted by Gasteiger charge is -2.31. The number of carbonyl (C=O) groups is 2. The fraction of sp³-hybridized carbons (Fsp3) is 0.259. The van der Waals surface area contributed by atoms with Crippen LogP contribution in [-0.4, -0.2) is 29.8 Å². The van der Waals surface area contributed by atoms with E-state index in [4.69, 9.17) is 0 Å². The summed E-state index contributed by atoms with van der Waals surface area (Å²) < 4.78 is 0.977. The molecule has 32 heavy (non-hydrogen) atoms. The number of carbonyl (C=O) groups excluding carboxylic acids is 2.